The maximum absolute atomic E-state index is 13.1. The van der Waals surface area contributed by atoms with Gasteiger partial charge >= 0.3 is 0 Å². The summed E-state index contributed by atoms with van der Waals surface area (Å²) in [6.07, 6.45) is 0.671. The average molecular weight is 291 g/mol. The van der Waals surface area contributed by atoms with Crippen LogP contribution in [0, 0.1) is 12.7 Å². The summed E-state index contributed by atoms with van der Waals surface area (Å²) < 4.78 is 13.1. The predicted molar refractivity (Wildman–Crippen MR) is 85.4 cm³/mol. The third-order valence-electron chi connectivity index (χ3n) is 4.19. The molecule has 3 aromatic rings. The van der Waals surface area contributed by atoms with Crippen molar-refractivity contribution in [3.63, 3.8) is 0 Å². The quantitative estimate of drug-likeness (QED) is 0.563. The second-order valence-corrected chi connectivity index (χ2v) is 5.75. The number of hydrogen-bond acceptors (Lipinski definition) is 1. The van der Waals surface area contributed by atoms with E-state index in [-0.39, 0.29) is 11.2 Å². The standard InChI is InChI=1S/C19H14FNO/c1-11-2-3-13-9-16-18(22)10-17(21-19(16)15(13)8-11)12-4-6-14(20)7-5-12/h2-8,10H,9H2,1H3,(H,21,22). The van der Waals surface area contributed by atoms with Crippen molar-refractivity contribution in [2.24, 2.45) is 0 Å². The molecule has 0 aliphatic heterocycles. The molecule has 1 heterocycles. The second-order valence-electron chi connectivity index (χ2n) is 5.75. The molecule has 0 amide bonds. The Labute approximate surface area is 127 Å². The first-order valence-corrected chi connectivity index (χ1v) is 7.24. The van der Waals surface area contributed by atoms with Gasteiger partial charge in [0.05, 0.1) is 5.69 Å². The minimum absolute atomic E-state index is 0.0296. The molecule has 3 heteroatoms. The molecule has 0 bridgehead atoms. The molecule has 108 valence electrons. The topological polar surface area (TPSA) is 32.9 Å². The van der Waals surface area contributed by atoms with Gasteiger partial charge in [-0.25, -0.2) is 4.39 Å². The molecule has 0 saturated carbocycles. The lowest BCUT2D eigenvalue weighted by Gasteiger charge is -2.07. The fourth-order valence-electron chi connectivity index (χ4n) is 3.05. The van der Waals surface area contributed by atoms with Gasteiger partial charge in [-0.1, -0.05) is 17.7 Å². The Morgan fingerprint density at radius 2 is 1.82 bits per heavy atom. The zero-order chi connectivity index (χ0) is 15.3. The Kier molecular flexibility index (Phi) is 2.76. The van der Waals surface area contributed by atoms with Crippen LogP contribution in [0.25, 0.3) is 22.5 Å². The number of pyridine rings is 1. The predicted octanol–water partition coefficient (Wildman–Crippen LogP) is 4.06. The molecule has 0 spiro atoms. The van der Waals surface area contributed by atoms with E-state index in [2.05, 4.69) is 23.2 Å². The molecule has 4 rings (SSSR count). The lowest BCUT2D eigenvalue weighted by atomic mass is 10.1. The minimum atomic E-state index is -0.284. The molecule has 0 atom stereocenters. The summed E-state index contributed by atoms with van der Waals surface area (Å²) in [6, 6.07) is 14.0. The van der Waals surface area contributed by atoms with E-state index in [9.17, 15) is 9.18 Å². The Balaban J connectivity index is 1.93. The number of H-pyrrole nitrogens is 1. The fourth-order valence-corrected chi connectivity index (χ4v) is 3.05. The van der Waals surface area contributed by atoms with E-state index in [1.165, 1.54) is 23.3 Å². The highest BCUT2D eigenvalue weighted by Crippen LogP contribution is 2.35. The van der Waals surface area contributed by atoms with Crippen molar-refractivity contribution < 1.29 is 4.39 Å². The number of aromatic nitrogens is 1. The van der Waals surface area contributed by atoms with Gasteiger partial charge < -0.3 is 4.98 Å². The molecule has 0 saturated heterocycles. The smallest absolute Gasteiger partial charge is 0.186 e. The van der Waals surface area contributed by atoms with Crippen LogP contribution in [0.1, 0.15) is 16.7 Å². The number of halogens is 1. The third-order valence-corrected chi connectivity index (χ3v) is 4.19. The van der Waals surface area contributed by atoms with E-state index >= 15 is 0 Å². The molecule has 22 heavy (non-hydrogen) atoms. The molecule has 1 aliphatic rings. The van der Waals surface area contributed by atoms with Crippen LogP contribution >= 0.6 is 0 Å². The van der Waals surface area contributed by atoms with Gasteiger partial charge in [-0.15, -0.1) is 0 Å². The van der Waals surface area contributed by atoms with Crippen LogP contribution in [0.4, 0.5) is 4.39 Å². The highest BCUT2D eigenvalue weighted by molar-refractivity contribution is 5.76. The largest absolute Gasteiger partial charge is 0.354 e. The number of aryl methyl sites for hydroxylation is 1. The number of nitrogens with one attached hydrogen (secondary N) is 1. The number of benzene rings is 2. The third kappa shape index (κ3) is 1.98. The van der Waals surface area contributed by atoms with Gasteiger partial charge in [-0.2, -0.15) is 0 Å². The van der Waals surface area contributed by atoms with Crippen molar-refractivity contribution in [2.45, 2.75) is 13.3 Å². The molecule has 2 aromatic carbocycles. The van der Waals surface area contributed by atoms with Gasteiger partial charge in [-0.3, -0.25) is 4.79 Å². The van der Waals surface area contributed by atoms with E-state index in [4.69, 9.17) is 0 Å². The van der Waals surface area contributed by atoms with Crippen molar-refractivity contribution in [3.05, 3.63) is 81.3 Å². The first kappa shape index (κ1) is 13.0. The van der Waals surface area contributed by atoms with E-state index in [1.807, 2.05) is 6.92 Å². The van der Waals surface area contributed by atoms with Gasteiger partial charge in [0, 0.05) is 29.3 Å². The van der Waals surface area contributed by atoms with Crippen LogP contribution in [0.3, 0.4) is 0 Å². The Morgan fingerprint density at radius 1 is 1.05 bits per heavy atom. The molecule has 1 N–H and O–H groups in total. The fraction of sp³-hybridized carbons (Fsp3) is 0.105. The first-order valence-electron chi connectivity index (χ1n) is 7.24. The Hall–Kier alpha value is -2.68. The number of hydrogen-bond donors (Lipinski definition) is 1. The molecular weight excluding hydrogens is 277 g/mol. The van der Waals surface area contributed by atoms with Gasteiger partial charge in [0.15, 0.2) is 5.43 Å². The molecular formula is C19H14FNO. The lowest BCUT2D eigenvalue weighted by Crippen LogP contribution is -2.08. The number of rotatable bonds is 1. The van der Waals surface area contributed by atoms with Crippen LogP contribution in [-0.2, 0) is 6.42 Å². The molecule has 1 aliphatic carbocycles. The van der Waals surface area contributed by atoms with Crippen molar-refractivity contribution in [3.8, 4) is 22.5 Å². The lowest BCUT2D eigenvalue weighted by molar-refractivity contribution is 0.628. The Bertz CT molecular complexity index is 939. The van der Waals surface area contributed by atoms with Crippen LogP contribution in [-0.4, -0.2) is 4.98 Å². The summed E-state index contributed by atoms with van der Waals surface area (Å²) >= 11 is 0. The molecule has 1 aromatic heterocycles. The zero-order valence-electron chi connectivity index (χ0n) is 12.1. The van der Waals surface area contributed by atoms with Gasteiger partial charge in [0.25, 0.3) is 0 Å². The highest BCUT2D eigenvalue weighted by Gasteiger charge is 2.22. The first-order chi connectivity index (χ1) is 10.6. The van der Waals surface area contributed by atoms with E-state index in [0.29, 0.717) is 6.42 Å². The molecule has 0 fully saturated rings. The summed E-state index contributed by atoms with van der Waals surface area (Å²) in [7, 11) is 0. The maximum atomic E-state index is 13.1. The molecule has 0 unspecified atom stereocenters. The molecule has 2 nitrogen and oxygen atoms in total. The summed E-state index contributed by atoms with van der Waals surface area (Å²) in [5, 5.41) is 0. The van der Waals surface area contributed by atoms with Crippen LogP contribution in [0.2, 0.25) is 0 Å². The van der Waals surface area contributed by atoms with Gasteiger partial charge in [0.2, 0.25) is 0 Å². The SMILES string of the molecule is Cc1ccc2c(c1)-c1[nH]c(-c3ccc(F)cc3)cc(=O)c1C2. The van der Waals surface area contributed by atoms with Crippen LogP contribution in [0.5, 0.6) is 0 Å². The van der Waals surface area contributed by atoms with Gasteiger partial charge in [-0.05, 0) is 48.4 Å². The average Bonchev–Trinajstić information content (AvgIpc) is 2.87. The van der Waals surface area contributed by atoms with Crippen LogP contribution in [0.15, 0.2) is 53.3 Å². The number of aromatic amines is 1. The Morgan fingerprint density at radius 3 is 2.59 bits per heavy atom. The minimum Gasteiger partial charge on any atom is -0.354 e. The van der Waals surface area contributed by atoms with Crippen molar-refractivity contribution in [2.75, 3.05) is 0 Å². The van der Waals surface area contributed by atoms with E-state index in [0.717, 1.165) is 28.1 Å². The summed E-state index contributed by atoms with van der Waals surface area (Å²) in [5.41, 5.74) is 6.69. The highest BCUT2D eigenvalue weighted by atomic mass is 19.1. The van der Waals surface area contributed by atoms with E-state index in [1.54, 1.807) is 18.2 Å². The monoisotopic (exact) mass is 291 g/mol. The van der Waals surface area contributed by atoms with Gasteiger partial charge in [0.1, 0.15) is 5.82 Å². The normalized spacial score (nSPS) is 12.1. The molecule has 0 radical (unpaired) electrons. The van der Waals surface area contributed by atoms with E-state index < -0.39 is 0 Å². The van der Waals surface area contributed by atoms with Crippen molar-refractivity contribution in [1.29, 1.82) is 0 Å². The zero-order valence-corrected chi connectivity index (χ0v) is 12.1. The maximum Gasteiger partial charge on any atom is 0.186 e. The summed E-state index contributed by atoms with van der Waals surface area (Å²) in [5.74, 6) is -0.284. The summed E-state index contributed by atoms with van der Waals surface area (Å²) in [4.78, 5) is 15.8. The van der Waals surface area contributed by atoms with Crippen molar-refractivity contribution >= 4 is 0 Å². The second kappa shape index (κ2) is 4.67. The number of fused-ring (bicyclic) bond motifs is 3. The summed E-state index contributed by atoms with van der Waals surface area (Å²) in [6.45, 7) is 2.04. The van der Waals surface area contributed by atoms with Crippen molar-refractivity contribution in [1.82, 2.24) is 4.98 Å². The van der Waals surface area contributed by atoms with Crippen LogP contribution < -0.4 is 5.43 Å².